The third-order valence-electron chi connectivity index (χ3n) is 1.49. The molecule has 2 atom stereocenters. The number of nitrogens with zero attached hydrogens (tertiary/aromatic N) is 1. The van der Waals surface area contributed by atoms with Gasteiger partial charge in [0.25, 0.3) is 0 Å². The SMILES string of the molecule is CCC(C=C(C)C)P(=O)(O)N=O. The Morgan fingerprint density at radius 3 is 2.42 bits per heavy atom. The summed E-state index contributed by atoms with van der Waals surface area (Å²) in [7, 11) is -3.84. The van der Waals surface area contributed by atoms with Crippen molar-refractivity contribution < 1.29 is 9.46 Å². The average molecular weight is 191 g/mol. The van der Waals surface area contributed by atoms with Crippen LogP contribution < -0.4 is 0 Å². The lowest BCUT2D eigenvalue weighted by Crippen LogP contribution is -2.01. The van der Waals surface area contributed by atoms with E-state index in [0.29, 0.717) is 6.42 Å². The molecule has 0 radical (unpaired) electrons. The van der Waals surface area contributed by atoms with Crippen LogP contribution in [-0.4, -0.2) is 10.6 Å². The van der Waals surface area contributed by atoms with Crippen LogP contribution in [0, 0.1) is 4.91 Å². The molecule has 0 saturated heterocycles. The van der Waals surface area contributed by atoms with E-state index in [1.54, 1.807) is 13.0 Å². The van der Waals surface area contributed by atoms with Crippen molar-refractivity contribution in [2.75, 3.05) is 0 Å². The van der Waals surface area contributed by atoms with Crippen molar-refractivity contribution in [3.63, 3.8) is 0 Å². The molecule has 2 unspecified atom stereocenters. The Labute approximate surface area is 72.2 Å². The van der Waals surface area contributed by atoms with Crippen molar-refractivity contribution >= 4 is 7.52 Å². The van der Waals surface area contributed by atoms with Crippen molar-refractivity contribution in [1.29, 1.82) is 0 Å². The van der Waals surface area contributed by atoms with Crippen molar-refractivity contribution in [2.24, 2.45) is 4.95 Å². The largest absolute Gasteiger partial charge is 0.356 e. The summed E-state index contributed by atoms with van der Waals surface area (Å²) in [5, 5.41) is 0. The molecule has 0 fully saturated rings. The predicted octanol–water partition coefficient (Wildman–Crippen LogP) is 2.68. The summed E-state index contributed by atoms with van der Waals surface area (Å²) >= 11 is 0. The van der Waals surface area contributed by atoms with Crippen LogP contribution >= 0.6 is 7.52 Å². The lowest BCUT2D eigenvalue weighted by atomic mass is 10.2. The lowest BCUT2D eigenvalue weighted by Gasteiger charge is -2.11. The van der Waals surface area contributed by atoms with Gasteiger partial charge in [-0.2, -0.15) is 0 Å². The molecule has 70 valence electrons. The number of hydrogen-bond acceptors (Lipinski definition) is 2. The Morgan fingerprint density at radius 2 is 2.17 bits per heavy atom. The highest BCUT2D eigenvalue weighted by atomic mass is 31.2. The van der Waals surface area contributed by atoms with E-state index in [4.69, 9.17) is 4.89 Å². The quantitative estimate of drug-likeness (QED) is 0.422. The molecule has 1 N–H and O–H groups in total. The van der Waals surface area contributed by atoms with Gasteiger partial charge in [-0.3, -0.25) is 4.57 Å². The van der Waals surface area contributed by atoms with Crippen molar-refractivity contribution in [2.45, 2.75) is 32.9 Å². The molecule has 0 aliphatic carbocycles. The van der Waals surface area contributed by atoms with Gasteiger partial charge in [0, 0.05) is 4.95 Å². The highest BCUT2D eigenvalue weighted by Crippen LogP contribution is 2.49. The fourth-order valence-corrected chi connectivity index (χ4v) is 1.99. The van der Waals surface area contributed by atoms with E-state index >= 15 is 0 Å². The zero-order valence-corrected chi connectivity index (χ0v) is 8.41. The van der Waals surface area contributed by atoms with Crippen LogP contribution in [0.5, 0.6) is 0 Å². The standard InChI is InChI=1S/C7H14NO3P/c1-4-7(5-6(2)3)12(10,11)8-9/h5,7H,4H2,1-3H3,(H,10,11). The minimum absolute atomic E-state index is 0.449. The number of rotatable bonds is 4. The minimum atomic E-state index is -3.84. The van der Waals surface area contributed by atoms with Gasteiger partial charge in [-0.25, -0.2) is 0 Å². The van der Waals surface area contributed by atoms with E-state index < -0.39 is 13.2 Å². The highest BCUT2D eigenvalue weighted by molar-refractivity contribution is 7.57. The minimum Gasteiger partial charge on any atom is -0.326 e. The Morgan fingerprint density at radius 1 is 1.67 bits per heavy atom. The Kier molecular flexibility index (Phi) is 4.35. The molecule has 0 saturated carbocycles. The smallest absolute Gasteiger partial charge is 0.326 e. The van der Waals surface area contributed by atoms with E-state index in [1.165, 1.54) is 0 Å². The van der Waals surface area contributed by atoms with Crippen molar-refractivity contribution in [1.82, 2.24) is 0 Å². The maximum atomic E-state index is 11.1. The summed E-state index contributed by atoms with van der Waals surface area (Å²) in [5.74, 6) is 0. The molecule has 0 spiro atoms. The normalized spacial score (nSPS) is 17.7. The molecular weight excluding hydrogens is 177 g/mol. The van der Waals surface area contributed by atoms with Crippen LogP contribution in [-0.2, 0) is 4.57 Å². The van der Waals surface area contributed by atoms with Crippen molar-refractivity contribution in [3.05, 3.63) is 16.6 Å². The zero-order valence-electron chi connectivity index (χ0n) is 7.52. The summed E-state index contributed by atoms with van der Waals surface area (Å²) in [5.41, 5.74) is 0.291. The van der Waals surface area contributed by atoms with Gasteiger partial charge in [0.05, 0.1) is 5.66 Å². The molecule has 0 aromatic heterocycles. The second-order valence-corrected chi connectivity index (χ2v) is 4.90. The Hall–Kier alpha value is -0.470. The third kappa shape index (κ3) is 3.28. The zero-order chi connectivity index (χ0) is 9.78. The fraction of sp³-hybridized carbons (Fsp3) is 0.714. The molecule has 0 rings (SSSR count). The number of allylic oxidation sites excluding steroid dienone is 2. The van der Waals surface area contributed by atoms with Crippen LogP contribution in [0.1, 0.15) is 27.2 Å². The lowest BCUT2D eigenvalue weighted by molar-refractivity contribution is 0.469. The van der Waals surface area contributed by atoms with Crippen LogP contribution in [0.2, 0.25) is 0 Å². The summed E-state index contributed by atoms with van der Waals surface area (Å²) in [6, 6.07) is 0. The molecule has 5 heteroatoms. The third-order valence-corrected chi connectivity index (χ3v) is 3.11. The molecule has 0 aliphatic heterocycles. The van der Waals surface area contributed by atoms with Crippen LogP contribution in [0.25, 0.3) is 0 Å². The second kappa shape index (κ2) is 4.53. The van der Waals surface area contributed by atoms with Gasteiger partial charge in [0.2, 0.25) is 0 Å². The maximum Gasteiger partial charge on any atom is 0.356 e. The predicted molar refractivity (Wildman–Crippen MR) is 49.1 cm³/mol. The maximum absolute atomic E-state index is 11.1. The molecule has 4 nitrogen and oxygen atoms in total. The van der Waals surface area contributed by atoms with E-state index in [9.17, 15) is 9.47 Å². The Balaban J connectivity index is 4.68. The number of nitroso groups, excluding NO2 is 1. The van der Waals surface area contributed by atoms with Crippen LogP contribution in [0.15, 0.2) is 16.6 Å². The average Bonchev–Trinajstić information content (AvgIpc) is 1.99. The van der Waals surface area contributed by atoms with E-state index in [2.05, 4.69) is 4.95 Å². The van der Waals surface area contributed by atoms with Gasteiger partial charge >= 0.3 is 7.52 Å². The summed E-state index contributed by atoms with van der Waals surface area (Å²) < 4.78 is 11.1. The van der Waals surface area contributed by atoms with Gasteiger partial charge in [0.15, 0.2) is 0 Å². The molecule has 0 aromatic rings. The van der Waals surface area contributed by atoms with Gasteiger partial charge in [-0.15, -0.1) is 4.91 Å². The molecule has 0 bridgehead atoms. The monoisotopic (exact) mass is 191 g/mol. The highest BCUT2D eigenvalue weighted by Gasteiger charge is 2.28. The van der Waals surface area contributed by atoms with E-state index in [-0.39, 0.29) is 0 Å². The van der Waals surface area contributed by atoms with Gasteiger partial charge in [0.1, 0.15) is 0 Å². The second-order valence-electron chi connectivity index (χ2n) is 2.89. The summed E-state index contributed by atoms with van der Waals surface area (Å²) in [6.07, 6.45) is 2.06. The fourth-order valence-electron chi connectivity index (χ4n) is 0.898. The first-order valence-electron chi connectivity index (χ1n) is 3.76. The summed E-state index contributed by atoms with van der Waals surface area (Å²) in [4.78, 5) is 21.3. The van der Waals surface area contributed by atoms with Gasteiger partial charge in [-0.1, -0.05) is 18.6 Å². The first-order valence-corrected chi connectivity index (χ1v) is 5.44. The molecule has 0 aromatic carbocycles. The topological polar surface area (TPSA) is 66.7 Å². The Bertz CT molecular complexity index is 233. The number of hydrogen-bond donors (Lipinski definition) is 1. The van der Waals surface area contributed by atoms with Gasteiger partial charge < -0.3 is 4.89 Å². The van der Waals surface area contributed by atoms with E-state index in [0.717, 1.165) is 5.57 Å². The first-order chi connectivity index (χ1) is 5.44. The van der Waals surface area contributed by atoms with Crippen molar-refractivity contribution in [3.8, 4) is 0 Å². The molecule has 12 heavy (non-hydrogen) atoms. The molecule has 0 aliphatic rings. The van der Waals surface area contributed by atoms with Crippen LogP contribution in [0.4, 0.5) is 0 Å². The first kappa shape index (κ1) is 11.5. The molecule has 0 amide bonds. The summed E-state index contributed by atoms with van der Waals surface area (Å²) in [6.45, 7) is 5.37. The molecule has 0 heterocycles. The van der Waals surface area contributed by atoms with E-state index in [1.807, 2.05) is 13.8 Å². The molecular formula is C7H14NO3P. The van der Waals surface area contributed by atoms with Crippen LogP contribution in [0.3, 0.4) is 0 Å². The van der Waals surface area contributed by atoms with Gasteiger partial charge in [-0.05, 0) is 20.3 Å².